The molecule has 0 saturated heterocycles. The Labute approximate surface area is 69.7 Å². The van der Waals surface area contributed by atoms with Crippen LogP contribution in [-0.4, -0.2) is 15.6 Å². The zero-order valence-corrected chi connectivity index (χ0v) is 8.23. The molecule has 1 atom stereocenters. The van der Waals surface area contributed by atoms with Crippen LogP contribution in [-0.2, 0) is 4.43 Å². The molecule has 0 aliphatic rings. The Morgan fingerprint density at radius 1 is 1.27 bits per heavy atom. The predicted molar refractivity (Wildman–Crippen MR) is 50.7 cm³/mol. The molecule has 0 saturated carbocycles. The van der Waals surface area contributed by atoms with Crippen LogP contribution in [0, 0.1) is 0 Å². The van der Waals surface area contributed by atoms with E-state index in [1.165, 1.54) is 5.19 Å². The fourth-order valence-corrected chi connectivity index (χ4v) is 2.53. The number of hydrogen-bond acceptors (Lipinski definition) is 1. The lowest BCUT2D eigenvalue weighted by Crippen LogP contribution is -2.29. The van der Waals surface area contributed by atoms with E-state index in [1.54, 1.807) is 0 Å². The van der Waals surface area contributed by atoms with Crippen molar-refractivity contribution in [2.45, 2.75) is 13.5 Å². The van der Waals surface area contributed by atoms with Crippen LogP contribution in [0.2, 0.25) is 6.55 Å². The summed E-state index contributed by atoms with van der Waals surface area (Å²) in [6.45, 7) is 5.09. The van der Waals surface area contributed by atoms with E-state index in [0.29, 0.717) is 0 Å². The molecule has 0 N–H and O–H groups in total. The summed E-state index contributed by atoms with van der Waals surface area (Å²) in [6, 6.07) is 10.5. The molecular formula is C9H14OSi. The summed E-state index contributed by atoms with van der Waals surface area (Å²) in [5.41, 5.74) is 0. The summed E-state index contributed by atoms with van der Waals surface area (Å²) < 4.78 is 5.57. The van der Waals surface area contributed by atoms with Crippen molar-refractivity contribution >= 4 is 14.2 Å². The highest BCUT2D eigenvalue weighted by molar-refractivity contribution is 6.66. The average Bonchev–Trinajstić information content (AvgIpc) is 2.07. The minimum atomic E-state index is -1.06. The minimum Gasteiger partial charge on any atom is -0.416 e. The molecule has 2 heteroatoms. The second kappa shape index (κ2) is 4.31. The lowest BCUT2D eigenvalue weighted by atomic mass is 10.4. The average molecular weight is 166 g/mol. The summed E-state index contributed by atoms with van der Waals surface area (Å²) in [4.78, 5) is 0. The topological polar surface area (TPSA) is 9.23 Å². The molecule has 60 valence electrons. The van der Waals surface area contributed by atoms with Crippen molar-refractivity contribution in [2.75, 3.05) is 6.61 Å². The van der Waals surface area contributed by atoms with E-state index < -0.39 is 9.04 Å². The van der Waals surface area contributed by atoms with Crippen molar-refractivity contribution in [3.05, 3.63) is 30.3 Å². The first kappa shape index (κ1) is 8.49. The first-order chi connectivity index (χ1) is 5.34. The van der Waals surface area contributed by atoms with Crippen LogP contribution in [0.5, 0.6) is 0 Å². The fraction of sp³-hybridized carbons (Fsp3) is 0.333. The molecule has 1 unspecified atom stereocenters. The molecule has 1 aromatic rings. The Morgan fingerprint density at radius 3 is 2.45 bits per heavy atom. The van der Waals surface area contributed by atoms with Crippen LogP contribution >= 0.6 is 0 Å². The molecule has 0 heterocycles. The van der Waals surface area contributed by atoms with Crippen LogP contribution in [0.4, 0.5) is 0 Å². The van der Waals surface area contributed by atoms with Gasteiger partial charge in [0.25, 0.3) is 0 Å². The van der Waals surface area contributed by atoms with E-state index in [9.17, 15) is 0 Å². The summed E-state index contributed by atoms with van der Waals surface area (Å²) in [5.74, 6) is 0. The van der Waals surface area contributed by atoms with Crippen molar-refractivity contribution in [3.63, 3.8) is 0 Å². The largest absolute Gasteiger partial charge is 0.416 e. The molecule has 0 fully saturated rings. The van der Waals surface area contributed by atoms with Gasteiger partial charge in [0.1, 0.15) is 0 Å². The van der Waals surface area contributed by atoms with Crippen LogP contribution < -0.4 is 5.19 Å². The summed E-state index contributed by atoms with van der Waals surface area (Å²) >= 11 is 0. The number of rotatable bonds is 3. The smallest absolute Gasteiger partial charge is 0.205 e. The highest BCUT2D eigenvalue weighted by Gasteiger charge is 2.04. The van der Waals surface area contributed by atoms with Crippen molar-refractivity contribution < 1.29 is 4.43 Å². The van der Waals surface area contributed by atoms with Gasteiger partial charge in [-0.05, 0) is 18.7 Å². The quantitative estimate of drug-likeness (QED) is 0.615. The Bertz CT molecular complexity index is 198. The summed E-state index contributed by atoms with van der Waals surface area (Å²) in [5, 5.41) is 1.38. The van der Waals surface area contributed by atoms with Gasteiger partial charge in [0.2, 0.25) is 9.04 Å². The van der Waals surface area contributed by atoms with Gasteiger partial charge in [-0.3, -0.25) is 0 Å². The van der Waals surface area contributed by atoms with Gasteiger partial charge in [-0.15, -0.1) is 0 Å². The molecule has 0 radical (unpaired) electrons. The van der Waals surface area contributed by atoms with Crippen LogP contribution in [0.25, 0.3) is 0 Å². The molecule has 1 nitrogen and oxygen atoms in total. The van der Waals surface area contributed by atoms with E-state index in [4.69, 9.17) is 4.43 Å². The van der Waals surface area contributed by atoms with Gasteiger partial charge in [-0.2, -0.15) is 0 Å². The molecule has 0 bridgehead atoms. The Kier molecular flexibility index (Phi) is 3.33. The van der Waals surface area contributed by atoms with Crippen molar-refractivity contribution in [1.82, 2.24) is 0 Å². The maximum Gasteiger partial charge on any atom is 0.205 e. The molecule has 1 rings (SSSR count). The van der Waals surface area contributed by atoms with Gasteiger partial charge in [-0.25, -0.2) is 0 Å². The van der Waals surface area contributed by atoms with Gasteiger partial charge in [0, 0.05) is 6.61 Å². The van der Waals surface area contributed by atoms with E-state index in [0.717, 1.165) is 6.61 Å². The van der Waals surface area contributed by atoms with Crippen molar-refractivity contribution in [3.8, 4) is 0 Å². The molecule has 0 aliphatic heterocycles. The van der Waals surface area contributed by atoms with Crippen molar-refractivity contribution in [2.24, 2.45) is 0 Å². The first-order valence-electron chi connectivity index (χ1n) is 4.01. The Hall–Kier alpha value is -0.603. The summed E-state index contributed by atoms with van der Waals surface area (Å²) in [6.07, 6.45) is 0. The lowest BCUT2D eigenvalue weighted by molar-refractivity contribution is 0.354. The molecule has 11 heavy (non-hydrogen) atoms. The maximum atomic E-state index is 5.57. The van der Waals surface area contributed by atoms with Gasteiger partial charge >= 0.3 is 0 Å². The lowest BCUT2D eigenvalue weighted by Gasteiger charge is -2.08. The SMILES string of the molecule is CCO[SiH](C)c1ccccc1. The van der Waals surface area contributed by atoms with Crippen molar-refractivity contribution in [1.29, 1.82) is 0 Å². The van der Waals surface area contributed by atoms with Crippen LogP contribution in [0.15, 0.2) is 30.3 Å². The standard InChI is InChI=1S/C9H14OSi/c1-3-10-11(2)9-7-5-4-6-8-9/h4-8,11H,3H2,1-2H3. The third-order valence-electron chi connectivity index (χ3n) is 1.69. The zero-order chi connectivity index (χ0) is 8.10. The van der Waals surface area contributed by atoms with Gasteiger partial charge in [0.15, 0.2) is 0 Å². The summed E-state index contributed by atoms with van der Waals surface area (Å²) in [7, 11) is -1.06. The van der Waals surface area contributed by atoms with E-state index in [2.05, 4.69) is 30.8 Å². The van der Waals surface area contributed by atoms with Crippen LogP contribution in [0.1, 0.15) is 6.92 Å². The molecule has 0 amide bonds. The normalized spacial score (nSPS) is 12.9. The Balaban J connectivity index is 2.61. The monoisotopic (exact) mass is 166 g/mol. The second-order valence-electron chi connectivity index (χ2n) is 2.51. The molecule has 1 aromatic carbocycles. The fourth-order valence-electron chi connectivity index (χ4n) is 1.07. The van der Waals surface area contributed by atoms with Crippen LogP contribution in [0.3, 0.4) is 0 Å². The third-order valence-corrected chi connectivity index (χ3v) is 3.84. The minimum absolute atomic E-state index is 0.836. The Morgan fingerprint density at radius 2 is 1.91 bits per heavy atom. The van der Waals surface area contributed by atoms with Gasteiger partial charge in [0.05, 0.1) is 0 Å². The number of benzene rings is 1. The van der Waals surface area contributed by atoms with E-state index in [-0.39, 0.29) is 0 Å². The predicted octanol–water partition coefficient (Wildman–Crippen LogP) is 1.28. The maximum absolute atomic E-state index is 5.57. The molecular weight excluding hydrogens is 152 g/mol. The zero-order valence-electron chi connectivity index (χ0n) is 7.08. The second-order valence-corrected chi connectivity index (χ2v) is 4.79. The highest BCUT2D eigenvalue weighted by Crippen LogP contribution is 1.89. The van der Waals surface area contributed by atoms with E-state index in [1.807, 2.05) is 13.0 Å². The highest BCUT2D eigenvalue weighted by atomic mass is 28.3. The molecule has 0 aliphatic carbocycles. The van der Waals surface area contributed by atoms with Gasteiger partial charge < -0.3 is 4.43 Å². The first-order valence-corrected chi connectivity index (χ1v) is 6.21. The molecule has 0 spiro atoms. The molecule has 0 aromatic heterocycles. The number of hydrogen-bond donors (Lipinski definition) is 0. The van der Waals surface area contributed by atoms with E-state index >= 15 is 0 Å². The van der Waals surface area contributed by atoms with Gasteiger partial charge in [-0.1, -0.05) is 30.3 Å². The third kappa shape index (κ3) is 2.48.